The van der Waals surface area contributed by atoms with Crippen LogP contribution < -0.4 is 5.73 Å². The Kier molecular flexibility index (Phi) is 3.16. The van der Waals surface area contributed by atoms with Crippen molar-refractivity contribution in [2.75, 3.05) is 13.6 Å². The molecule has 1 aliphatic heterocycles. The number of hydrogen-bond acceptors (Lipinski definition) is 4. The van der Waals surface area contributed by atoms with E-state index < -0.39 is 0 Å². The molecule has 0 spiro atoms. The number of rotatable bonds is 2. The van der Waals surface area contributed by atoms with Gasteiger partial charge in [0.1, 0.15) is 5.01 Å². The third kappa shape index (κ3) is 2.19. The quantitative estimate of drug-likeness (QED) is 0.899. The molecular formula is C14H17N3S. The molecule has 3 rings (SSSR count). The molecule has 0 saturated carbocycles. The molecule has 1 aromatic carbocycles. The second-order valence-corrected chi connectivity index (χ2v) is 5.86. The highest BCUT2D eigenvalue weighted by Crippen LogP contribution is 2.31. The molecule has 0 aliphatic carbocycles. The Balaban J connectivity index is 1.92. The first-order chi connectivity index (χ1) is 8.76. The molecule has 2 N–H and O–H groups in total. The maximum Gasteiger partial charge on any atom is 0.123 e. The lowest BCUT2D eigenvalue weighted by atomic mass is 10.1. The van der Waals surface area contributed by atoms with Crippen LogP contribution in [-0.4, -0.2) is 23.5 Å². The van der Waals surface area contributed by atoms with E-state index in [2.05, 4.69) is 36.2 Å². The lowest BCUT2D eigenvalue weighted by Gasteiger charge is -2.20. The van der Waals surface area contributed by atoms with Gasteiger partial charge in [0, 0.05) is 36.5 Å². The Bertz CT molecular complexity index is 545. The van der Waals surface area contributed by atoms with Crippen LogP contribution in [-0.2, 0) is 19.5 Å². The summed E-state index contributed by atoms with van der Waals surface area (Å²) in [4.78, 5) is 8.54. The van der Waals surface area contributed by atoms with Gasteiger partial charge in [-0.1, -0.05) is 24.3 Å². The van der Waals surface area contributed by atoms with E-state index >= 15 is 0 Å². The van der Waals surface area contributed by atoms with Gasteiger partial charge in [-0.3, -0.25) is 0 Å². The summed E-state index contributed by atoms with van der Waals surface area (Å²) in [6, 6.07) is 8.41. The molecule has 1 aliphatic rings. The minimum absolute atomic E-state index is 0.597. The predicted molar refractivity (Wildman–Crippen MR) is 75.5 cm³/mol. The molecular weight excluding hydrogens is 242 g/mol. The SMILES string of the molecule is CN1CCc2nc(-c3ccc(CN)cc3)sc2C1. The molecule has 0 bridgehead atoms. The molecule has 18 heavy (non-hydrogen) atoms. The zero-order valence-electron chi connectivity index (χ0n) is 10.5. The van der Waals surface area contributed by atoms with Gasteiger partial charge in [-0.15, -0.1) is 11.3 Å². The number of benzene rings is 1. The van der Waals surface area contributed by atoms with Gasteiger partial charge in [-0.2, -0.15) is 0 Å². The molecule has 2 heterocycles. The van der Waals surface area contributed by atoms with E-state index in [1.54, 1.807) is 0 Å². The molecule has 3 nitrogen and oxygen atoms in total. The average Bonchev–Trinajstić information content (AvgIpc) is 2.81. The molecule has 4 heteroatoms. The third-order valence-electron chi connectivity index (χ3n) is 3.36. The van der Waals surface area contributed by atoms with Crippen molar-refractivity contribution in [1.82, 2.24) is 9.88 Å². The van der Waals surface area contributed by atoms with Crippen molar-refractivity contribution in [2.24, 2.45) is 5.73 Å². The first kappa shape index (κ1) is 11.8. The van der Waals surface area contributed by atoms with Crippen molar-refractivity contribution in [1.29, 1.82) is 0 Å². The normalized spacial score (nSPS) is 15.7. The van der Waals surface area contributed by atoms with Crippen molar-refractivity contribution in [3.05, 3.63) is 40.4 Å². The lowest BCUT2D eigenvalue weighted by molar-refractivity contribution is 0.314. The van der Waals surface area contributed by atoms with Gasteiger partial charge in [0.2, 0.25) is 0 Å². The molecule has 94 valence electrons. The van der Waals surface area contributed by atoms with Gasteiger partial charge < -0.3 is 10.6 Å². The number of hydrogen-bond donors (Lipinski definition) is 1. The Labute approximate surface area is 111 Å². The highest BCUT2D eigenvalue weighted by molar-refractivity contribution is 7.15. The van der Waals surface area contributed by atoms with Gasteiger partial charge in [0.05, 0.1) is 5.69 Å². The average molecular weight is 259 g/mol. The summed E-state index contributed by atoms with van der Waals surface area (Å²) in [5, 5.41) is 1.14. The van der Waals surface area contributed by atoms with Gasteiger partial charge in [0.25, 0.3) is 0 Å². The van der Waals surface area contributed by atoms with Gasteiger partial charge in [-0.05, 0) is 12.6 Å². The minimum Gasteiger partial charge on any atom is -0.326 e. The number of nitrogens with zero attached hydrogens (tertiary/aromatic N) is 2. The monoisotopic (exact) mass is 259 g/mol. The molecule has 0 fully saturated rings. The molecule has 2 aromatic rings. The Morgan fingerprint density at radius 1 is 1.33 bits per heavy atom. The minimum atomic E-state index is 0.597. The summed E-state index contributed by atoms with van der Waals surface area (Å²) in [6.45, 7) is 2.75. The number of fused-ring (bicyclic) bond motifs is 1. The Hall–Kier alpha value is -1.23. The van der Waals surface area contributed by atoms with E-state index in [1.165, 1.54) is 21.7 Å². The van der Waals surface area contributed by atoms with Crippen LogP contribution in [0.25, 0.3) is 10.6 Å². The van der Waals surface area contributed by atoms with E-state index in [0.717, 1.165) is 24.5 Å². The molecule has 1 aromatic heterocycles. The van der Waals surface area contributed by atoms with Crippen LogP contribution in [0.3, 0.4) is 0 Å². The van der Waals surface area contributed by atoms with Gasteiger partial charge in [0.15, 0.2) is 0 Å². The molecule has 0 unspecified atom stereocenters. The fraction of sp³-hybridized carbons (Fsp3) is 0.357. The van der Waals surface area contributed by atoms with Crippen LogP contribution >= 0.6 is 11.3 Å². The summed E-state index contributed by atoms with van der Waals surface area (Å²) in [5.41, 5.74) is 9.27. The highest BCUT2D eigenvalue weighted by Gasteiger charge is 2.18. The topological polar surface area (TPSA) is 42.2 Å². The summed E-state index contributed by atoms with van der Waals surface area (Å²) < 4.78 is 0. The first-order valence-corrected chi connectivity index (χ1v) is 7.04. The van der Waals surface area contributed by atoms with Crippen LogP contribution in [0.5, 0.6) is 0 Å². The van der Waals surface area contributed by atoms with Gasteiger partial charge in [-0.25, -0.2) is 4.98 Å². The van der Waals surface area contributed by atoms with Crippen molar-refractivity contribution >= 4 is 11.3 Å². The largest absolute Gasteiger partial charge is 0.326 e. The van der Waals surface area contributed by atoms with Gasteiger partial charge >= 0.3 is 0 Å². The van der Waals surface area contributed by atoms with E-state index in [1.807, 2.05) is 11.3 Å². The number of thiazole rings is 1. The van der Waals surface area contributed by atoms with Crippen molar-refractivity contribution in [3.63, 3.8) is 0 Å². The first-order valence-electron chi connectivity index (χ1n) is 6.23. The molecule has 0 atom stereocenters. The standard InChI is InChI=1S/C14H17N3S/c1-17-7-6-12-13(9-17)18-14(16-12)11-4-2-10(8-15)3-5-11/h2-5H,6-9,15H2,1H3. The predicted octanol–water partition coefficient (Wildman–Crippen LogP) is 2.26. The number of likely N-dealkylation sites (N-methyl/N-ethyl adjacent to an activating group) is 1. The van der Waals surface area contributed by atoms with E-state index in [-0.39, 0.29) is 0 Å². The summed E-state index contributed by atoms with van der Waals surface area (Å²) in [6.07, 6.45) is 1.07. The second-order valence-electron chi connectivity index (χ2n) is 4.78. The van der Waals surface area contributed by atoms with Crippen molar-refractivity contribution in [2.45, 2.75) is 19.5 Å². The van der Waals surface area contributed by atoms with E-state index in [0.29, 0.717) is 6.54 Å². The lowest BCUT2D eigenvalue weighted by Crippen LogP contribution is -2.25. The zero-order chi connectivity index (χ0) is 12.5. The number of nitrogens with two attached hydrogens (primary N) is 1. The van der Waals surface area contributed by atoms with Crippen LogP contribution in [0.1, 0.15) is 16.1 Å². The molecule has 0 saturated heterocycles. The number of aromatic nitrogens is 1. The maximum atomic E-state index is 5.61. The maximum absolute atomic E-state index is 5.61. The smallest absolute Gasteiger partial charge is 0.123 e. The summed E-state index contributed by atoms with van der Waals surface area (Å²) in [5.74, 6) is 0. The highest BCUT2D eigenvalue weighted by atomic mass is 32.1. The van der Waals surface area contributed by atoms with Crippen LogP contribution in [0.4, 0.5) is 0 Å². The van der Waals surface area contributed by atoms with Crippen molar-refractivity contribution in [3.8, 4) is 10.6 Å². The fourth-order valence-corrected chi connectivity index (χ4v) is 3.42. The Morgan fingerprint density at radius 2 is 2.11 bits per heavy atom. The summed E-state index contributed by atoms with van der Waals surface area (Å²) >= 11 is 1.82. The van der Waals surface area contributed by atoms with E-state index in [9.17, 15) is 0 Å². The second kappa shape index (κ2) is 4.80. The zero-order valence-corrected chi connectivity index (χ0v) is 11.3. The van der Waals surface area contributed by atoms with Crippen molar-refractivity contribution < 1.29 is 0 Å². The van der Waals surface area contributed by atoms with E-state index in [4.69, 9.17) is 10.7 Å². The third-order valence-corrected chi connectivity index (χ3v) is 4.49. The summed E-state index contributed by atoms with van der Waals surface area (Å²) in [7, 11) is 2.17. The molecule has 0 amide bonds. The van der Waals surface area contributed by atoms with Crippen LogP contribution in [0.15, 0.2) is 24.3 Å². The fourth-order valence-electron chi connectivity index (χ4n) is 2.23. The van der Waals surface area contributed by atoms with Crippen LogP contribution in [0, 0.1) is 0 Å². The molecule has 0 radical (unpaired) electrons. The van der Waals surface area contributed by atoms with Crippen LogP contribution in [0.2, 0.25) is 0 Å². The Morgan fingerprint density at radius 3 is 2.83 bits per heavy atom.